The molecule has 6 nitrogen and oxygen atoms in total. The maximum Gasteiger partial charge on any atom is 0.252 e. The fraction of sp³-hybridized carbons (Fsp3) is 0.133. The molecule has 0 radical (unpaired) electrons. The Bertz CT molecular complexity index is 840. The second kappa shape index (κ2) is 6.37. The number of aromatic nitrogens is 1. The molecule has 0 fully saturated rings. The minimum absolute atomic E-state index is 0.0318. The fourth-order valence-electron chi connectivity index (χ4n) is 1.88. The van der Waals surface area contributed by atoms with Gasteiger partial charge in [0.1, 0.15) is 0 Å². The molecule has 1 heterocycles. The summed E-state index contributed by atoms with van der Waals surface area (Å²) in [6.07, 6.45) is 4.22. The van der Waals surface area contributed by atoms with E-state index in [4.69, 9.17) is 5.26 Å². The molecule has 7 heteroatoms. The van der Waals surface area contributed by atoms with Crippen LogP contribution in [0.25, 0.3) is 0 Å². The quantitative estimate of drug-likeness (QED) is 0.916. The predicted molar refractivity (Wildman–Crippen MR) is 79.7 cm³/mol. The molecule has 1 aromatic carbocycles. The second-order valence-corrected chi connectivity index (χ2v) is 6.62. The number of hydrogen-bond acceptors (Lipinski definition) is 5. The zero-order valence-corrected chi connectivity index (χ0v) is 12.6. The van der Waals surface area contributed by atoms with Gasteiger partial charge in [-0.2, -0.15) is 5.26 Å². The number of benzene rings is 1. The van der Waals surface area contributed by atoms with Crippen LogP contribution >= 0.6 is 0 Å². The Kier molecular flexibility index (Phi) is 4.53. The van der Waals surface area contributed by atoms with Crippen molar-refractivity contribution in [2.45, 2.75) is 11.4 Å². The fourth-order valence-corrected chi connectivity index (χ4v) is 2.74. The van der Waals surface area contributed by atoms with Gasteiger partial charge in [-0.15, -0.1) is 0 Å². The van der Waals surface area contributed by atoms with Crippen molar-refractivity contribution in [2.24, 2.45) is 0 Å². The van der Waals surface area contributed by atoms with E-state index in [9.17, 15) is 13.2 Å². The highest BCUT2D eigenvalue weighted by Crippen LogP contribution is 2.17. The van der Waals surface area contributed by atoms with Crippen molar-refractivity contribution in [1.29, 1.82) is 5.26 Å². The van der Waals surface area contributed by atoms with Gasteiger partial charge < -0.3 is 5.32 Å². The van der Waals surface area contributed by atoms with E-state index in [1.807, 2.05) is 6.07 Å². The second-order valence-electron chi connectivity index (χ2n) is 4.63. The zero-order valence-electron chi connectivity index (χ0n) is 11.8. The molecule has 2 rings (SSSR count). The summed E-state index contributed by atoms with van der Waals surface area (Å²) in [4.78, 5) is 16.0. The smallest absolute Gasteiger partial charge is 0.252 e. The molecule has 22 heavy (non-hydrogen) atoms. The van der Waals surface area contributed by atoms with Gasteiger partial charge in [0.05, 0.1) is 22.1 Å². The number of pyridine rings is 1. The number of nitrogens with one attached hydrogen (secondary N) is 1. The van der Waals surface area contributed by atoms with E-state index in [0.29, 0.717) is 0 Å². The number of carbonyl (C=O) groups is 1. The topological polar surface area (TPSA) is 99.9 Å². The highest BCUT2D eigenvalue weighted by molar-refractivity contribution is 7.90. The standard InChI is InChI=1S/C15H13N3O3S/c1-22(20,21)14-3-2-12(9-16)8-13(14)15(19)18-10-11-4-6-17-7-5-11/h2-8H,10H2,1H3,(H,18,19). The Morgan fingerprint density at radius 1 is 1.27 bits per heavy atom. The van der Waals surface area contributed by atoms with Crippen LogP contribution in [0.4, 0.5) is 0 Å². The van der Waals surface area contributed by atoms with Crippen molar-refractivity contribution in [3.05, 3.63) is 59.4 Å². The summed E-state index contributed by atoms with van der Waals surface area (Å²) in [5, 5.41) is 11.5. The average molecular weight is 315 g/mol. The van der Waals surface area contributed by atoms with Gasteiger partial charge >= 0.3 is 0 Å². The maximum atomic E-state index is 12.3. The van der Waals surface area contributed by atoms with Crippen LogP contribution in [0.15, 0.2) is 47.6 Å². The molecule has 1 N–H and O–H groups in total. The summed E-state index contributed by atoms with van der Waals surface area (Å²) in [6.45, 7) is 0.237. The van der Waals surface area contributed by atoms with Crippen LogP contribution in [0, 0.1) is 11.3 Å². The van der Waals surface area contributed by atoms with Gasteiger partial charge in [-0.25, -0.2) is 8.42 Å². The van der Waals surface area contributed by atoms with Crippen molar-refractivity contribution in [2.75, 3.05) is 6.26 Å². The first-order valence-electron chi connectivity index (χ1n) is 6.33. The molecule has 1 aromatic heterocycles. The monoisotopic (exact) mass is 315 g/mol. The van der Waals surface area contributed by atoms with Crippen molar-refractivity contribution in [3.63, 3.8) is 0 Å². The summed E-state index contributed by atoms with van der Waals surface area (Å²) < 4.78 is 23.5. The molecule has 0 spiro atoms. The van der Waals surface area contributed by atoms with E-state index in [1.54, 1.807) is 24.5 Å². The van der Waals surface area contributed by atoms with Gasteiger partial charge in [-0.1, -0.05) is 0 Å². The van der Waals surface area contributed by atoms with Crippen LogP contribution in [-0.4, -0.2) is 25.6 Å². The normalized spacial score (nSPS) is 10.7. The van der Waals surface area contributed by atoms with Gasteiger partial charge in [0.25, 0.3) is 5.91 Å². The van der Waals surface area contributed by atoms with Gasteiger partial charge in [0.15, 0.2) is 9.84 Å². The number of carbonyl (C=O) groups excluding carboxylic acids is 1. The Labute approximate surface area is 128 Å². The van der Waals surface area contributed by atoms with E-state index in [1.165, 1.54) is 18.2 Å². The van der Waals surface area contributed by atoms with E-state index in [0.717, 1.165) is 11.8 Å². The summed E-state index contributed by atoms with van der Waals surface area (Å²) in [6, 6.07) is 9.29. The molecule has 1 amide bonds. The lowest BCUT2D eigenvalue weighted by molar-refractivity contribution is 0.0947. The predicted octanol–water partition coefficient (Wildman–Crippen LogP) is 1.29. The molecule has 2 aromatic rings. The lowest BCUT2D eigenvalue weighted by Gasteiger charge is -2.09. The third-order valence-corrected chi connectivity index (χ3v) is 4.11. The molecule has 0 aliphatic carbocycles. The van der Waals surface area contributed by atoms with Crippen LogP contribution in [0.3, 0.4) is 0 Å². The van der Waals surface area contributed by atoms with E-state index in [2.05, 4.69) is 10.3 Å². The van der Waals surface area contributed by atoms with Crippen molar-refractivity contribution in [3.8, 4) is 6.07 Å². The van der Waals surface area contributed by atoms with Gasteiger partial charge in [0, 0.05) is 25.2 Å². The third kappa shape index (κ3) is 3.68. The largest absolute Gasteiger partial charge is 0.348 e. The average Bonchev–Trinajstić information content (AvgIpc) is 2.52. The number of nitrogens with zero attached hydrogens (tertiary/aromatic N) is 2. The summed E-state index contributed by atoms with van der Waals surface area (Å²) >= 11 is 0. The Morgan fingerprint density at radius 2 is 1.95 bits per heavy atom. The molecule has 0 saturated heterocycles. The molecular formula is C15H13N3O3S. The maximum absolute atomic E-state index is 12.3. The molecule has 0 atom stereocenters. The third-order valence-electron chi connectivity index (χ3n) is 2.96. The molecule has 0 aliphatic rings. The van der Waals surface area contributed by atoms with Crippen molar-refractivity contribution < 1.29 is 13.2 Å². The molecule has 0 aliphatic heterocycles. The van der Waals surface area contributed by atoms with Crippen LogP contribution in [0.1, 0.15) is 21.5 Å². The van der Waals surface area contributed by atoms with Crippen LogP contribution < -0.4 is 5.32 Å². The number of amides is 1. The Morgan fingerprint density at radius 3 is 2.55 bits per heavy atom. The Hall–Kier alpha value is -2.72. The first-order chi connectivity index (χ1) is 10.4. The van der Waals surface area contributed by atoms with E-state index < -0.39 is 15.7 Å². The lowest BCUT2D eigenvalue weighted by atomic mass is 10.1. The van der Waals surface area contributed by atoms with Gasteiger partial charge in [0.2, 0.25) is 0 Å². The van der Waals surface area contributed by atoms with Crippen LogP contribution in [-0.2, 0) is 16.4 Å². The van der Waals surface area contributed by atoms with Crippen molar-refractivity contribution in [1.82, 2.24) is 10.3 Å². The highest BCUT2D eigenvalue weighted by atomic mass is 32.2. The lowest BCUT2D eigenvalue weighted by Crippen LogP contribution is -2.24. The summed E-state index contributed by atoms with van der Waals surface area (Å²) in [7, 11) is -3.57. The molecular weight excluding hydrogens is 302 g/mol. The van der Waals surface area contributed by atoms with Crippen molar-refractivity contribution >= 4 is 15.7 Å². The number of sulfone groups is 1. The number of nitriles is 1. The molecule has 0 bridgehead atoms. The van der Waals surface area contributed by atoms with Gasteiger partial charge in [-0.05, 0) is 35.9 Å². The van der Waals surface area contributed by atoms with Crippen LogP contribution in [0.5, 0.6) is 0 Å². The van der Waals surface area contributed by atoms with Gasteiger partial charge in [-0.3, -0.25) is 9.78 Å². The van der Waals surface area contributed by atoms with E-state index in [-0.39, 0.29) is 22.6 Å². The summed E-state index contributed by atoms with van der Waals surface area (Å²) in [5.74, 6) is -0.547. The molecule has 0 unspecified atom stereocenters. The number of hydrogen-bond donors (Lipinski definition) is 1. The first-order valence-corrected chi connectivity index (χ1v) is 8.22. The SMILES string of the molecule is CS(=O)(=O)c1ccc(C#N)cc1C(=O)NCc1ccncc1. The highest BCUT2D eigenvalue weighted by Gasteiger charge is 2.19. The van der Waals surface area contributed by atoms with E-state index >= 15 is 0 Å². The minimum atomic E-state index is -3.57. The molecule has 0 saturated carbocycles. The summed E-state index contributed by atoms with van der Waals surface area (Å²) in [5.41, 5.74) is 1.03. The zero-order chi connectivity index (χ0) is 16.2. The number of rotatable bonds is 4. The Balaban J connectivity index is 2.30. The molecule has 112 valence electrons. The first kappa shape index (κ1) is 15.7. The van der Waals surface area contributed by atoms with Crippen LogP contribution in [0.2, 0.25) is 0 Å². The minimum Gasteiger partial charge on any atom is -0.348 e.